The minimum atomic E-state index is -0.833. The number of aliphatic carboxylic acids is 1. The molecule has 0 saturated heterocycles. The van der Waals surface area contributed by atoms with Gasteiger partial charge < -0.3 is 16.1 Å². The molecule has 0 aliphatic heterocycles. The quantitative estimate of drug-likeness (QED) is 0.568. The van der Waals surface area contributed by atoms with Gasteiger partial charge in [-0.05, 0) is 0 Å². The summed E-state index contributed by atoms with van der Waals surface area (Å²) in [5, 5.41) is 7.42. The van der Waals surface area contributed by atoms with Crippen molar-refractivity contribution in [3.8, 4) is 0 Å². The molecule has 5 N–H and O–H groups in total. The Bertz CT molecular complexity index is 32.7. The summed E-state index contributed by atoms with van der Waals surface area (Å²) in [4.78, 5) is 9.00. The molecule has 0 amide bonds. The van der Waals surface area contributed by atoms with Gasteiger partial charge in [0.1, 0.15) is 0 Å². The number of rotatable bonds is 0. The van der Waals surface area contributed by atoms with E-state index in [-0.39, 0.29) is 49.1 Å². The van der Waals surface area contributed by atoms with E-state index in [0.29, 0.717) is 0 Å². The van der Waals surface area contributed by atoms with Crippen molar-refractivity contribution < 1.29 is 59.0 Å². The number of hydrogen-bond donors (Lipinski definition) is 1. The molecule has 0 rings (SSSR count). The van der Waals surface area contributed by atoms with Crippen LogP contribution in [0.4, 0.5) is 0 Å². The normalized spacial score (nSPS) is 3.57. The Morgan fingerprint density at radius 2 is 1.43 bits per heavy atom. The van der Waals surface area contributed by atoms with E-state index >= 15 is 0 Å². The van der Waals surface area contributed by atoms with Gasteiger partial charge in [-0.25, -0.2) is 0 Å². The summed E-state index contributed by atoms with van der Waals surface area (Å²) in [5.74, 6) is -0.833. The number of carbonyl (C=O) groups is 1. The molecule has 0 aromatic carbocycles. The predicted octanol–water partition coefficient (Wildman–Crippen LogP) is -1.56. The molecule has 0 saturated carbocycles. The molecule has 0 aromatic rings. The van der Waals surface area contributed by atoms with Crippen LogP contribution < -0.4 is 0 Å². The summed E-state index contributed by atoms with van der Waals surface area (Å²) in [7, 11) is 0. The summed E-state index contributed by atoms with van der Waals surface area (Å²) >= 11 is 0. The van der Waals surface area contributed by atoms with Crippen molar-refractivity contribution in [3.05, 3.63) is 0 Å². The van der Waals surface area contributed by atoms with Gasteiger partial charge in [0.05, 0.1) is 0 Å². The maximum atomic E-state index is 9.00. The van der Waals surface area contributed by atoms with Crippen LogP contribution in [-0.4, -0.2) is 22.0 Å². The Morgan fingerprint density at radius 3 is 1.43 bits per heavy atom. The molecular weight excluding hydrogens is 251 g/mol. The molecule has 7 heavy (non-hydrogen) atoms. The molecule has 0 spiro atoms. The molecule has 0 bridgehead atoms. The molecule has 4 nitrogen and oxygen atoms in total. The van der Waals surface area contributed by atoms with Crippen LogP contribution in [0.3, 0.4) is 0 Å². The second kappa shape index (κ2) is 15.9. The van der Waals surface area contributed by atoms with Gasteiger partial charge in [-0.15, -0.1) is 0 Å². The van der Waals surface area contributed by atoms with Crippen LogP contribution in [-0.2, 0) is 4.79 Å². The average Bonchev–Trinajstić information content (AvgIpc) is 0.811. The predicted molar refractivity (Wildman–Crippen MR) is 20.5 cm³/mol. The minimum Gasteiger partial charge on any atom is -0.481 e. The molecule has 0 radical (unpaired) electrons. The maximum Gasteiger partial charge on any atom is 0.300 e. The monoisotopic (exact) mass is 260 g/mol. The van der Waals surface area contributed by atoms with Gasteiger partial charge in [0, 0.05) is 45.1 Å². The first-order chi connectivity index (χ1) is 1.73. The smallest absolute Gasteiger partial charge is 0.300 e. The number of hydrogen-bond acceptors (Lipinski definition) is 1. The Kier molecular flexibility index (Phi) is 57.7. The molecular formula is C2H8DyO4. The van der Waals surface area contributed by atoms with Crippen molar-refractivity contribution >= 4 is 5.97 Å². The third kappa shape index (κ3) is 330. The first kappa shape index (κ1) is 25.4. The first-order valence-corrected chi connectivity index (χ1v) is 0.928. The summed E-state index contributed by atoms with van der Waals surface area (Å²) < 4.78 is 0. The SMILES string of the molecule is CC(=O)O.O.O.[Dy]. The second-order valence-electron chi connectivity index (χ2n) is 0.519. The van der Waals surface area contributed by atoms with E-state index in [0.717, 1.165) is 6.92 Å². The largest absolute Gasteiger partial charge is 0.481 e. The van der Waals surface area contributed by atoms with E-state index in [1.54, 1.807) is 0 Å². The Balaban J connectivity index is -0.0000000150. The molecule has 0 unspecified atom stereocenters. The second-order valence-corrected chi connectivity index (χ2v) is 0.519. The van der Waals surface area contributed by atoms with Crippen LogP contribution >= 0.6 is 0 Å². The minimum absolute atomic E-state index is 0. The van der Waals surface area contributed by atoms with Crippen molar-refractivity contribution in [2.75, 3.05) is 0 Å². The Morgan fingerprint density at radius 1 is 1.43 bits per heavy atom. The van der Waals surface area contributed by atoms with Crippen molar-refractivity contribution in [1.82, 2.24) is 0 Å². The number of carboxylic acids is 1. The fraction of sp³-hybridized carbons (Fsp3) is 0.500. The van der Waals surface area contributed by atoms with Crippen LogP contribution in [0.2, 0.25) is 0 Å². The van der Waals surface area contributed by atoms with Crippen molar-refractivity contribution in [2.24, 2.45) is 0 Å². The van der Waals surface area contributed by atoms with Gasteiger partial charge in [0.25, 0.3) is 5.97 Å². The van der Waals surface area contributed by atoms with E-state index < -0.39 is 5.97 Å². The number of carboxylic acid groups (broad SMARTS) is 1. The molecule has 0 heterocycles. The van der Waals surface area contributed by atoms with E-state index in [2.05, 4.69) is 0 Å². The summed E-state index contributed by atoms with van der Waals surface area (Å²) in [6, 6.07) is 0. The van der Waals surface area contributed by atoms with Crippen LogP contribution in [0.25, 0.3) is 0 Å². The van der Waals surface area contributed by atoms with E-state index in [9.17, 15) is 0 Å². The zero-order valence-corrected chi connectivity index (χ0v) is 5.70. The maximum absolute atomic E-state index is 9.00. The van der Waals surface area contributed by atoms with Crippen molar-refractivity contribution in [3.63, 3.8) is 0 Å². The molecule has 0 aliphatic rings. The van der Waals surface area contributed by atoms with Crippen LogP contribution in [0.1, 0.15) is 6.92 Å². The Hall–Kier alpha value is 0.663. The third-order valence-electron chi connectivity index (χ3n) is 0. The van der Waals surface area contributed by atoms with Crippen LogP contribution in [0.15, 0.2) is 0 Å². The summed E-state index contributed by atoms with van der Waals surface area (Å²) in [5.41, 5.74) is 0. The molecule has 50 valence electrons. The summed E-state index contributed by atoms with van der Waals surface area (Å²) in [6.07, 6.45) is 0. The van der Waals surface area contributed by atoms with Gasteiger partial charge >= 0.3 is 0 Å². The molecule has 0 aliphatic carbocycles. The van der Waals surface area contributed by atoms with Gasteiger partial charge in [0.2, 0.25) is 0 Å². The van der Waals surface area contributed by atoms with Gasteiger partial charge in [0.15, 0.2) is 0 Å². The first-order valence-electron chi connectivity index (χ1n) is 0.928. The zero-order chi connectivity index (χ0) is 3.58. The van der Waals surface area contributed by atoms with E-state index in [4.69, 9.17) is 9.90 Å². The van der Waals surface area contributed by atoms with Gasteiger partial charge in [-0.1, -0.05) is 0 Å². The van der Waals surface area contributed by atoms with Crippen LogP contribution in [0.5, 0.6) is 0 Å². The molecule has 0 atom stereocenters. The molecule has 0 aromatic heterocycles. The third-order valence-corrected chi connectivity index (χ3v) is 0. The van der Waals surface area contributed by atoms with Gasteiger partial charge in [-0.3, -0.25) is 4.79 Å². The van der Waals surface area contributed by atoms with Crippen LogP contribution in [0, 0.1) is 38.2 Å². The summed E-state index contributed by atoms with van der Waals surface area (Å²) in [6.45, 7) is 1.08. The molecule has 5 heteroatoms. The standard InChI is InChI=1S/C2H4O2.Dy.2H2O/c1-2(3)4;;;/h1H3,(H,3,4);;2*1H2. The zero-order valence-electron chi connectivity index (χ0n) is 3.67. The fourth-order valence-electron chi connectivity index (χ4n) is 0. The molecule has 0 fully saturated rings. The van der Waals surface area contributed by atoms with Crippen molar-refractivity contribution in [2.45, 2.75) is 6.92 Å². The van der Waals surface area contributed by atoms with Gasteiger partial charge in [-0.2, -0.15) is 0 Å². The average molecular weight is 259 g/mol. The fourth-order valence-corrected chi connectivity index (χ4v) is 0. The topological polar surface area (TPSA) is 100 Å². The van der Waals surface area contributed by atoms with E-state index in [1.165, 1.54) is 0 Å². The Labute approximate surface area is 71.5 Å². The van der Waals surface area contributed by atoms with Crippen molar-refractivity contribution in [1.29, 1.82) is 0 Å². The van der Waals surface area contributed by atoms with E-state index in [1.807, 2.05) is 0 Å².